The predicted molar refractivity (Wildman–Crippen MR) is 101 cm³/mol. The molecule has 0 radical (unpaired) electrons. The van der Waals surface area contributed by atoms with E-state index in [1.807, 2.05) is 0 Å². The van der Waals surface area contributed by atoms with Crippen LogP contribution in [-0.4, -0.2) is 57.5 Å². The summed E-state index contributed by atoms with van der Waals surface area (Å²) >= 11 is 0. The number of hydrogen-bond acceptors (Lipinski definition) is 11. The second-order valence-electron chi connectivity index (χ2n) is 6.72. The number of aliphatic hydroxyl groups is 1. The predicted octanol–water partition coefficient (Wildman–Crippen LogP) is 0.395. The lowest BCUT2D eigenvalue weighted by Gasteiger charge is -2.28. The fourth-order valence-electron chi connectivity index (χ4n) is 2.91. The number of ether oxygens (including phenoxy) is 1. The maximum atomic E-state index is 11.9. The first-order valence-electron chi connectivity index (χ1n) is 8.32. The zero-order valence-corrected chi connectivity index (χ0v) is 18.3. The van der Waals surface area contributed by atoms with Gasteiger partial charge in [0.2, 0.25) is 0 Å². The van der Waals surface area contributed by atoms with E-state index < -0.39 is 48.0 Å². The molecule has 0 bridgehead atoms. The van der Waals surface area contributed by atoms with E-state index in [0.29, 0.717) is 11.0 Å². The van der Waals surface area contributed by atoms with Crippen molar-refractivity contribution in [1.82, 2.24) is 14.5 Å². The highest BCUT2D eigenvalue weighted by Gasteiger charge is 2.48. The van der Waals surface area contributed by atoms with Crippen LogP contribution in [0.5, 0.6) is 0 Å². The summed E-state index contributed by atoms with van der Waals surface area (Å²) in [5.41, 5.74) is 4.62. The van der Waals surface area contributed by atoms with Gasteiger partial charge in [0.1, 0.15) is 29.6 Å². The molecule has 19 heteroatoms. The molecule has 0 spiro atoms. The molecule has 2 aromatic heterocycles. The summed E-state index contributed by atoms with van der Waals surface area (Å²) in [6, 6.07) is 1.64. The topological polar surface area (TPSA) is 246 Å². The molecule has 7 N–H and O–H groups in total. The van der Waals surface area contributed by atoms with E-state index in [1.54, 1.807) is 16.8 Å². The number of fused-ring (bicyclic) bond motifs is 1. The van der Waals surface area contributed by atoms with Gasteiger partial charge in [-0.05, 0) is 13.0 Å². The molecular weight excluding hydrogens is 485 g/mol. The highest BCUT2D eigenvalue weighted by molar-refractivity contribution is 7.66. The molecule has 3 rings (SSSR count). The Balaban J connectivity index is 1.70. The molecule has 16 nitrogen and oxygen atoms in total. The Morgan fingerprint density at radius 1 is 1.23 bits per heavy atom. The Labute approximate surface area is 174 Å². The van der Waals surface area contributed by atoms with Crippen molar-refractivity contribution in [2.24, 2.45) is 0 Å². The normalized spacial score (nSPS) is 28.5. The molecule has 0 aromatic carbocycles. The van der Waals surface area contributed by atoms with Crippen molar-refractivity contribution >= 4 is 40.3 Å². The van der Waals surface area contributed by atoms with Crippen molar-refractivity contribution in [3.05, 3.63) is 18.6 Å². The Kier molecular flexibility index (Phi) is 6.51. The first kappa shape index (κ1) is 24.4. The molecule has 0 amide bonds. The van der Waals surface area contributed by atoms with E-state index in [9.17, 15) is 28.6 Å². The fourth-order valence-corrected chi connectivity index (χ4v) is 6.03. The lowest BCUT2D eigenvalue weighted by Crippen LogP contribution is -2.40. The summed E-state index contributed by atoms with van der Waals surface area (Å²) in [5.74, 6) is 0.234. The third kappa shape index (κ3) is 5.76. The highest BCUT2D eigenvalue weighted by Crippen LogP contribution is 2.66. The van der Waals surface area contributed by atoms with Gasteiger partial charge in [0, 0.05) is 12.6 Å². The summed E-state index contributed by atoms with van der Waals surface area (Å²) in [5, 5.41) is 11.0. The Hall–Kier alpha value is -1.25. The minimum Gasteiger partial charge on any atom is -0.390 e. The average molecular weight is 504 g/mol. The molecule has 1 fully saturated rings. The first-order valence-corrected chi connectivity index (χ1v) is 12.8. The minimum absolute atomic E-state index is 0.0178. The number of phosphoric ester groups is 1. The standard InChI is InChI=1S/C12H19N4O12P3/c1-12(5-25-30(21,22)28-31(23,24)27-29(18,19)20)8(17)4-9(26-12)16-3-2-7-10(13)14-6-15-11(7)16/h2-3,6,8-9,17H,4-5H2,1H3,(H,21,22)(H,23,24)(H2,13,14,15)(H2,18,19,20)/t8-,9+,12+/m0/s1. The first-order chi connectivity index (χ1) is 14.1. The summed E-state index contributed by atoms with van der Waals surface area (Å²) in [7, 11) is -16.5. The van der Waals surface area contributed by atoms with Gasteiger partial charge in [0.25, 0.3) is 0 Å². The number of nitrogen functional groups attached to an aromatic ring is 1. The van der Waals surface area contributed by atoms with Crippen molar-refractivity contribution in [2.45, 2.75) is 31.3 Å². The monoisotopic (exact) mass is 504 g/mol. The molecule has 1 aliphatic rings. The van der Waals surface area contributed by atoms with Gasteiger partial charge in [-0.15, -0.1) is 0 Å². The Morgan fingerprint density at radius 2 is 1.90 bits per heavy atom. The molecule has 1 aliphatic heterocycles. The molecule has 2 aromatic rings. The number of aromatic nitrogens is 3. The maximum Gasteiger partial charge on any atom is 0.490 e. The van der Waals surface area contributed by atoms with E-state index in [0.717, 1.165) is 0 Å². The van der Waals surface area contributed by atoms with Crippen molar-refractivity contribution in [2.75, 3.05) is 12.3 Å². The van der Waals surface area contributed by atoms with Gasteiger partial charge in [-0.2, -0.15) is 8.62 Å². The fraction of sp³-hybridized carbons (Fsp3) is 0.500. The number of aliphatic hydroxyl groups excluding tert-OH is 1. The molecule has 174 valence electrons. The number of nitrogens with zero attached hydrogens (tertiary/aromatic N) is 3. The van der Waals surface area contributed by atoms with Crippen LogP contribution in [-0.2, 0) is 31.6 Å². The van der Waals surface area contributed by atoms with E-state index in [2.05, 4.69) is 23.1 Å². The van der Waals surface area contributed by atoms with Gasteiger partial charge < -0.3 is 39.7 Å². The van der Waals surface area contributed by atoms with Gasteiger partial charge in [-0.1, -0.05) is 0 Å². The average Bonchev–Trinajstić information content (AvgIpc) is 3.13. The molecule has 3 heterocycles. The van der Waals surface area contributed by atoms with Crippen LogP contribution in [0.3, 0.4) is 0 Å². The number of phosphoric acid groups is 3. The third-order valence-electron chi connectivity index (χ3n) is 4.32. The minimum atomic E-state index is -5.65. The highest BCUT2D eigenvalue weighted by atomic mass is 31.3. The van der Waals surface area contributed by atoms with Crippen LogP contribution in [0.1, 0.15) is 19.6 Å². The van der Waals surface area contributed by atoms with E-state index in [4.69, 9.17) is 20.3 Å². The van der Waals surface area contributed by atoms with Crippen LogP contribution in [0.15, 0.2) is 18.6 Å². The van der Waals surface area contributed by atoms with E-state index in [-0.39, 0.29) is 12.2 Å². The number of anilines is 1. The number of hydrogen-bond donors (Lipinski definition) is 6. The quantitative estimate of drug-likeness (QED) is 0.266. The van der Waals surface area contributed by atoms with Crippen LogP contribution in [0.2, 0.25) is 0 Å². The molecule has 0 saturated carbocycles. The lowest BCUT2D eigenvalue weighted by atomic mass is 10.0. The molecule has 31 heavy (non-hydrogen) atoms. The molecular formula is C12H19N4O12P3. The molecule has 5 atom stereocenters. The summed E-state index contributed by atoms with van der Waals surface area (Å²) in [4.78, 5) is 43.8. The van der Waals surface area contributed by atoms with Crippen LogP contribution < -0.4 is 5.73 Å². The second-order valence-corrected chi connectivity index (χ2v) is 11.1. The van der Waals surface area contributed by atoms with Crippen LogP contribution in [0, 0.1) is 0 Å². The third-order valence-corrected chi connectivity index (χ3v) is 8.10. The van der Waals surface area contributed by atoms with Crippen molar-refractivity contribution in [1.29, 1.82) is 0 Å². The second kappa shape index (κ2) is 8.27. The van der Waals surface area contributed by atoms with Crippen LogP contribution in [0.4, 0.5) is 5.82 Å². The largest absolute Gasteiger partial charge is 0.490 e. The van der Waals surface area contributed by atoms with Crippen molar-refractivity contribution in [3.8, 4) is 0 Å². The van der Waals surface area contributed by atoms with Gasteiger partial charge in [0.15, 0.2) is 0 Å². The van der Waals surface area contributed by atoms with Gasteiger partial charge in [0.05, 0.1) is 18.1 Å². The SMILES string of the molecule is C[C@]1(COP(=O)(O)OP(=O)(O)OP(=O)(O)O)O[C@@H](n2ccc3c(N)ncnc32)C[C@@H]1O. The number of nitrogens with two attached hydrogens (primary N) is 1. The molecule has 1 saturated heterocycles. The Bertz CT molecular complexity index is 1120. The Morgan fingerprint density at radius 3 is 2.55 bits per heavy atom. The van der Waals surface area contributed by atoms with E-state index in [1.165, 1.54) is 13.3 Å². The van der Waals surface area contributed by atoms with Crippen LogP contribution in [0.25, 0.3) is 11.0 Å². The lowest BCUT2D eigenvalue weighted by molar-refractivity contribution is -0.112. The summed E-state index contributed by atoms with van der Waals surface area (Å²) in [6.07, 6.45) is 0.858. The molecule has 0 aliphatic carbocycles. The molecule has 2 unspecified atom stereocenters. The zero-order chi connectivity index (χ0) is 23.2. The maximum absolute atomic E-state index is 11.9. The zero-order valence-electron chi connectivity index (χ0n) is 15.7. The number of rotatable bonds is 8. The summed E-state index contributed by atoms with van der Waals surface area (Å²) in [6.45, 7) is 0.544. The van der Waals surface area contributed by atoms with Gasteiger partial charge in [-0.25, -0.2) is 23.7 Å². The summed E-state index contributed by atoms with van der Waals surface area (Å²) < 4.78 is 53.2. The van der Waals surface area contributed by atoms with Gasteiger partial charge >= 0.3 is 23.5 Å². The van der Waals surface area contributed by atoms with Gasteiger partial charge in [-0.3, -0.25) is 4.52 Å². The smallest absolute Gasteiger partial charge is 0.390 e. The van der Waals surface area contributed by atoms with Crippen molar-refractivity contribution in [3.63, 3.8) is 0 Å². The van der Waals surface area contributed by atoms with Crippen molar-refractivity contribution < 1.29 is 56.3 Å². The van der Waals surface area contributed by atoms with Crippen LogP contribution >= 0.6 is 23.5 Å². The van der Waals surface area contributed by atoms with E-state index >= 15 is 0 Å².